The van der Waals surface area contributed by atoms with Gasteiger partial charge in [0.15, 0.2) is 0 Å². The Morgan fingerprint density at radius 2 is 1.84 bits per heavy atom. The molecule has 1 aromatic heterocycles. The SMILES string of the molecule is O=S([O-])Cc1ccccc1-c1nc2ccccc2[nH]1. The van der Waals surface area contributed by atoms with Crippen LogP contribution in [0.3, 0.4) is 0 Å². The third-order valence-electron chi connectivity index (χ3n) is 2.94. The molecule has 3 rings (SSSR count). The minimum Gasteiger partial charge on any atom is -0.772 e. The quantitative estimate of drug-likeness (QED) is 0.744. The van der Waals surface area contributed by atoms with Crippen LogP contribution in [0.1, 0.15) is 5.56 Å². The Morgan fingerprint density at radius 3 is 2.63 bits per heavy atom. The van der Waals surface area contributed by atoms with Crippen molar-refractivity contribution in [2.75, 3.05) is 0 Å². The van der Waals surface area contributed by atoms with Gasteiger partial charge in [0.05, 0.1) is 11.0 Å². The molecule has 0 aliphatic carbocycles. The molecule has 0 aliphatic heterocycles. The van der Waals surface area contributed by atoms with Gasteiger partial charge in [-0.05, 0) is 17.7 Å². The predicted octanol–water partition coefficient (Wildman–Crippen LogP) is 2.61. The lowest BCUT2D eigenvalue weighted by Crippen LogP contribution is -1.96. The van der Waals surface area contributed by atoms with Crippen LogP contribution in [0.25, 0.3) is 22.4 Å². The Bertz CT molecular complexity index is 719. The van der Waals surface area contributed by atoms with Gasteiger partial charge >= 0.3 is 0 Å². The van der Waals surface area contributed by atoms with Crippen molar-refractivity contribution >= 4 is 22.1 Å². The summed E-state index contributed by atoms with van der Waals surface area (Å²) < 4.78 is 21.8. The van der Waals surface area contributed by atoms with Crippen molar-refractivity contribution in [1.29, 1.82) is 0 Å². The summed E-state index contributed by atoms with van der Waals surface area (Å²) in [5.41, 5.74) is 3.38. The molecule has 96 valence electrons. The van der Waals surface area contributed by atoms with Crippen LogP contribution >= 0.6 is 0 Å². The Labute approximate surface area is 112 Å². The normalized spacial score (nSPS) is 12.7. The van der Waals surface area contributed by atoms with E-state index in [2.05, 4.69) is 9.97 Å². The van der Waals surface area contributed by atoms with Crippen molar-refractivity contribution in [3.63, 3.8) is 0 Å². The smallest absolute Gasteiger partial charge is 0.138 e. The molecule has 0 aliphatic rings. The summed E-state index contributed by atoms with van der Waals surface area (Å²) in [5.74, 6) is 0.690. The molecule has 1 unspecified atom stereocenters. The van der Waals surface area contributed by atoms with E-state index >= 15 is 0 Å². The van der Waals surface area contributed by atoms with Crippen LogP contribution in [0.5, 0.6) is 0 Å². The first-order chi connectivity index (χ1) is 9.24. The highest BCUT2D eigenvalue weighted by Gasteiger charge is 2.09. The van der Waals surface area contributed by atoms with Crippen LogP contribution < -0.4 is 0 Å². The lowest BCUT2D eigenvalue weighted by Gasteiger charge is -2.09. The van der Waals surface area contributed by atoms with Gasteiger partial charge in [0.25, 0.3) is 0 Å². The highest BCUT2D eigenvalue weighted by atomic mass is 32.2. The molecule has 0 saturated heterocycles. The summed E-state index contributed by atoms with van der Waals surface area (Å²) in [6, 6.07) is 15.1. The van der Waals surface area contributed by atoms with Crippen LogP contribution in [-0.4, -0.2) is 18.7 Å². The van der Waals surface area contributed by atoms with E-state index in [1.807, 2.05) is 42.5 Å². The molecule has 19 heavy (non-hydrogen) atoms. The maximum atomic E-state index is 10.9. The van der Waals surface area contributed by atoms with Gasteiger partial charge in [-0.25, -0.2) is 4.98 Å². The highest BCUT2D eigenvalue weighted by Crippen LogP contribution is 2.24. The van der Waals surface area contributed by atoms with Crippen LogP contribution in [-0.2, 0) is 16.8 Å². The standard InChI is InChI=1S/C14H12N2O2S/c17-19(18)9-10-5-1-2-6-11(10)14-15-12-7-3-4-8-13(12)16-14/h1-8H,9H2,(H,15,16)(H,17,18)/p-1. The number of benzene rings is 2. The molecule has 1 atom stereocenters. The highest BCUT2D eigenvalue weighted by molar-refractivity contribution is 7.78. The summed E-state index contributed by atoms with van der Waals surface area (Å²) >= 11 is -2.11. The van der Waals surface area contributed by atoms with Crippen LogP contribution in [0.4, 0.5) is 0 Å². The lowest BCUT2D eigenvalue weighted by atomic mass is 10.1. The molecular weight excluding hydrogens is 260 g/mol. The zero-order chi connectivity index (χ0) is 13.2. The number of para-hydroxylation sites is 2. The fourth-order valence-corrected chi connectivity index (χ4v) is 2.59. The molecule has 3 aromatic rings. The third-order valence-corrected chi connectivity index (χ3v) is 3.48. The van der Waals surface area contributed by atoms with Crippen molar-refractivity contribution in [2.24, 2.45) is 0 Å². The number of aromatic nitrogens is 2. The van der Waals surface area contributed by atoms with E-state index in [1.165, 1.54) is 0 Å². The van der Waals surface area contributed by atoms with Crippen molar-refractivity contribution in [1.82, 2.24) is 9.97 Å². The second-order valence-electron chi connectivity index (χ2n) is 4.21. The number of imidazole rings is 1. The van der Waals surface area contributed by atoms with Gasteiger partial charge in [-0.15, -0.1) is 0 Å². The summed E-state index contributed by atoms with van der Waals surface area (Å²) in [4.78, 5) is 7.71. The third kappa shape index (κ3) is 2.43. The fraction of sp³-hybridized carbons (Fsp3) is 0.0714. The first kappa shape index (κ1) is 12.1. The number of H-pyrrole nitrogens is 1. The molecule has 4 nitrogen and oxygen atoms in total. The van der Waals surface area contributed by atoms with Crippen LogP contribution in [0.2, 0.25) is 0 Å². The molecule has 5 heteroatoms. The number of rotatable bonds is 3. The van der Waals surface area contributed by atoms with Crippen molar-refractivity contribution in [2.45, 2.75) is 5.75 Å². The lowest BCUT2D eigenvalue weighted by molar-refractivity contribution is 0.536. The number of fused-ring (bicyclic) bond motifs is 1. The second-order valence-corrected chi connectivity index (χ2v) is 5.10. The molecule has 0 fully saturated rings. The van der Waals surface area contributed by atoms with Gasteiger partial charge in [-0.1, -0.05) is 47.5 Å². The predicted molar refractivity (Wildman–Crippen MR) is 74.2 cm³/mol. The average Bonchev–Trinajstić information content (AvgIpc) is 2.82. The Morgan fingerprint density at radius 1 is 1.11 bits per heavy atom. The molecule has 0 bridgehead atoms. The average molecular weight is 271 g/mol. The van der Waals surface area contributed by atoms with Crippen molar-refractivity contribution in [3.05, 3.63) is 54.1 Å². The van der Waals surface area contributed by atoms with Crippen molar-refractivity contribution < 1.29 is 8.76 Å². The summed E-state index contributed by atoms with van der Waals surface area (Å²) in [5, 5.41) is 0. The first-order valence-electron chi connectivity index (χ1n) is 5.83. The molecule has 2 aromatic carbocycles. The number of nitrogens with one attached hydrogen (secondary N) is 1. The Balaban J connectivity index is 2.13. The maximum absolute atomic E-state index is 10.9. The number of hydrogen-bond acceptors (Lipinski definition) is 3. The molecule has 1 heterocycles. The second kappa shape index (κ2) is 4.95. The zero-order valence-electron chi connectivity index (χ0n) is 10.00. The van der Waals surface area contributed by atoms with E-state index in [-0.39, 0.29) is 5.75 Å². The Hall–Kier alpha value is -1.98. The molecular formula is C14H11N2O2S-. The van der Waals surface area contributed by atoms with E-state index in [4.69, 9.17) is 0 Å². The topological polar surface area (TPSA) is 68.8 Å². The van der Waals surface area contributed by atoms with E-state index in [0.29, 0.717) is 5.82 Å². The molecule has 0 spiro atoms. The number of aromatic amines is 1. The molecule has 1 N–H and O–H groups in total. The van der Waals surface area contributed by atoms with Crippen molar-refractivity contribution in [3.8, 4) is 11.4 Å². The Kier molecular flexibility index (Phi) is 3.15. The summed E-state index contributed by atoms with van der Waals surface area (Å²) in [7, 11) is 0. The first-order valence-corrected chi connectivity index (χ1v) is 7.07. The van der Waals surface area contributed by atoms with Gasteiger partial charge in [0, 0.05) is 11.3 Å². The van der Waals surface area contributed by atoms with Gasteiger partial charge in [0.1, 0.15) is 5.82 Å². The monoisotopic (exact) mass is 271 g/mol. The van der Waals surface area contributed by atoms with Crippen LogP contribution in [0, 0.1) is 0 Å². The molecule has 0 saturated carbocycles. The largest absolute Gasteiger partial charge is 0.772 e. The molecule has 0 amide bonds. The van der Waals surface area contributed by atoms with E-state index in [1.54, 1.807) is 6.07 Å². The minimum absolute atomic E-state index is 0.00673. The summed E-state index contributed by atoms with van der Waals surface area (Å²) in [6.45, 7) is 0. The summed E-state index contributed by atoms with van der Waals surface area (Å²) in [6.07, 6.45) is 0. The number of nitrogens with zero attached hydrogens (tertiary/aromatic N) is 1. The van der Waals surface area contributed by atoms with Gasteiger partial charge in [-0.2, -0.15) is 0 Å². The number of hydrogen-bond donors (Lipinski definition) is 1. The van der Waals surface area contributed by atoms with E-state index < -0.39 is 11.1 Å². The van der Waals surface area contributed by atoms with Crippen LogP contribution in [0.15, 0.2) is 48.5 Å². The van der Waals surface area contributed by atoms with Gasteiger partial charge < -0.3 is 9.54 Å². The maximum Gasteiger partial charge on any atom is 0.138 e. The van der Waals surface area contributed by atoms with E-state index in [9.17, 15) is 8.76 Å². The zero-order valence-corrected chi connectivity index (χ0v) is 10.8. The minimum atomic E-state index is -2.11. The van der Waals surface area contributed by atoms with Gasteiger partial charge in [-0.3, -0.25) is 4.21 Å². The molecule has 0 radical (unpaired) electrons. The van der Waals surface area contributed by atoms with E-state index in [0.717, 1.165) is 22.2 Å². The fourth-order valence-electron chi connectivity index (χ4n) is 2.08. The van der Waals surface area contributed by atoms with Gasteiger partial charge in [0.2, 0.25) is 0 Å².